The van der Waals surface area contributed by atoms with Gasteiger partial charge in [-0.15, -0.1) is 0 Å². The van der Waals surface area contributed by atoms with E-state index in [4.69, 9.17) is 11.6 Å². The fraction of sp³-hybridized carbons (Fsp3) is 0.200. The van der Waals surface area contributed by atoms with E-state index in [9.17, 15) is 18.8 Å². The first-order chi connectivity index (χ1) is 16.1. The van der Waals surface area contributed by atoms with E-state index in [-0.39, 0.29) is 17.2 Å². The zero-order chi connectivity index (χ0) is 24.6. The topological polar surface area (TPSA) is 83.8 Å². The average molecular weight is 481 g/mol. The van der Waals surface area contributed by atoms with Crippen molar-refractivity contribution >= 4 is 40.8 Å². The third kappa shape index (κ3) is 4.63. The first kappa shape index (κ1) is 23.4. The second-order valence-electron chi connectivity index (χ2n) is 8.16. The number of imide groups is 1. The van der Waals surface area contributed by atoms with Gasteiger partial charge in [-0.05, 0) is 68.3 Å². The van der Waals surface area contributed by atoms with E-state index in [1.165, 1.54) is 12.1 Å². The van der Waals surface area contributed by atoms with Gasteiger partial charge in [0, 0.05) is 29.2 Å². The number of nitrogens with one attached hydrogen (secondary N) is 1. The fourth-order valence-corrected chi connectivity index (χ4v) is 4.17. The van der Waals surface area contributed by atoms with Crippen molar-refractivity contribution in [3.05, 3.63) is 81.9 Å². The van der Waals surface area contributed by atoms with Crippen LogP contribution >= 0.6 is 11.6 Å². The number of carbonyl (C=O) groups excluding carboxylic acids is 3. The maximum absolute atomic E-state index is 13.6. The molecule has 0 atom stereocenters. The van der Waals surface area contributed by atoms with Gasteiger partial charge in [0.15, 0.2) is 0 Å². The number of urea groups is 1. The number of nitrogens with zero attached hydrogens (tertiary/aromatic N) is 3. The molecule has 1 N–H and O–H groups in total. The molecule has 0 unspecified atom stereocenters. The summed E-state index contributed by atoms with van der Waals surface area (Å²) in [4.78, 5) is 42.3. The summed E-state index contributed by atoms with van der Waals surface area (Å²) in [7, 11) is 0. The van der Waals surface area contributed by atoms with Crippen LogP contribution in [0.4, 0.5) is 14.9 Å². The first-order valence-corrected chi connectivity index (χ1v) is 10.9. The zero-order valence-corrected chi connectivity index (χ0v) is 19.6. The van der Waals surface area contributed by atoms with E-state index in [0.29, 0.717) is 11.4 Å². The minimum absolute atomic E-state index is 0.00655. The summed E-state index contributed by atoms with van der Waals surface area (Å²) in [5.41, 5.74) is 4.73. The molecule has 3 aromatic rings. The van der Waals surface area contributed by atoms with Gasteiger partial charge >= 0.3 is 6.03 Å². The minimum Gasteiger partial charge on any atom is -0.325 e. The number of aryl methyl sites for hydroxylation is 2. The summed E-state index contributed by atoms with van der Waals surface area (Å²) in [6.45, 7) is 5.20. The third-order valence-corrected chi connectivity index (χ3v) is 5.90. The lowest BCUT2D eigenvalue weighted by molar-refractivity contribution is -0.125. The third-order valence-electron chi connectivity index (χ3n) is 5.61. The molecule has 1 aliphatic rings. The maximum atomic E-state index is 13.6. The standard InChI is InChI=1S/C25H22ClFN4O3/c1-14-5-4-6-18(9-14)28-23(32)13-30-24(33)22(29-25(30)34)11-17-10-15(2)31(16(17)3)19-7-8-21(27)20(26)12-19/h4-10,12H,11,13H2,1-3H3,(H,28,32). The lowest BCUT2D eigenvalue weighted by Crippen LogP contribution is -2.39. The van der Waals surface area contributed by atoms with E-state index in [2.05, 4.69) is 10.3 Å². The van der Waals surface area contributed by atoms with Crippen LogP contribution in [0.5, 0.6) is 0 Å². The summed E-state index contributed by atoms with van der Waals surface area (Å²) in [5.74, 6) is -1.60. The van der Waals surface area contributed by atoms with Crippen molar-refractivity contribution in [3.8, 4) is 5.69 Å². The second-order valence-corrected chi connectivity index (χ2v) is 8.56. The largest absolute Gasteiger partial charge is 0.351 e. The summed E-state index contributed by atoms with van der Waals surface area (Å²) >= 11 is 5.94. The van der Waals surface area contributed by atoms with E-state index in [1.54, 1.807) is 24.3 Å². The van der Waals surface area contributed by atoms with E-state index < -0.39 is 30.2 Å². The molecular formula is C25H22ClFN4O3. The molecule has 2 heterocycles. The smallest absolute Gasteiger partial charge is 0.325 e. The Balaban J connectivity index is 1.48. The van der Waals surface area contributed by atoms with Gasteiger partial charge in [-0.1, -0.05) is 23.7 Å². The van der Waals surface area contributed by atoms with Crippen molar-refractivity contribution in [2.45, 2.75) is 27.2 Å². The van der Waals surface area contributed by atoms with Crippen LogP contribution in [0.15, 0.2) is 53.5 Å². The highest BCUT2D eigenvalue weighted by molar-refractivity contribution is 6.46. The Kier molecular flexibility index (Phi) is 6.34. The van der Waals surface area contributed by atoms with E-state index >= 15 is 0 Å². The predicted molar refractivity (Wildman–Crippen MR) is 128 cm³/mol. The van der Waals surface area contributed by atoms with Crippen LogP contribution in [0.1, 0.15) is 22.5 Å². The molecule has 0 saturated carbocycles. The Bertz CT molecular complexity index is 1360. The van der Waals surface area contributed by atoms with Crippen LogP contribution in [0.25, 0.3) is 5.69 Å². The van der Waals surface area contributed by atoms with Gasteiger partial charge in [-0.2, -0.15) is 4.99 Å². The molecule has 9 heteroatoms. The highest BCUT2D eigenvalue weighted by Gasteiger charge is 2.35. The number of anilines is 1. The highest BCUT2D eigenvalue weighted by Crippen LogP contribution is 2.26. The van der Waals surface area contributed by atoms with Crippen LogP contribution in [-0.2, 0) is 16.0 Å². The monoisotopic (exact) mass is 480 g/mol. The van der Waals surface area contributed by atoms with Gasteiger partial charge in [0.2, 0.25) is 5.91 Å². The summed E-state index contributed by atoms with van der Waals surface area (Å²) in [5, 5.41) is 2.69. The van der Waals surface area contributed by atoms with Crippen molar-refractivity contribution < 1.29 is 18.8 Å². The molecule has 4 amide bonds. The van der Waals surface area contributed by atoms with Gasteiger partial charge in [-0.3, -0.25) is 9.59 Å². The lowest BCUT2D eigenvalue weighted by Gasteiger charge is -2.13. The molecule has 0 fully saturated rings. The van der Waals surface area contributed by atoms with Gasteiger partial charge in [0.25, 0.3) is 5.91 Å². The quantitative estimate of drug-likeness (QED) is 0.551. The number of aromatic nitrogens is 1. The number of hydrogen-bond acceptors (Lipinski definition) is 3. The molecule has 34 heavy (non-hydrogen) atoms. The van der Waals surface area contributed by atoms with Crippen molar-refractivity contribution in [2.75, 3.05) is 11.9 Å². The first-order valence-electron chi connectivity index (χ1n) is 10.6. The number of amides is 4. The van der Waals surface area contributed by atoms with E-state index in [0.717, 1.165) is 27.4 Å². The zero-order valence-electron chi connectivity index (χ0n) is 18.9. The summed E-state index contributed by atoms with van der Waals surface area (Å²) < 4.78 is 15.5. The Morgan fingerprint density at radius 3 is 2.56 bits per heavy atom. The summed E-state index contributed by atoms with van der Waals surface area (Å²) in [6.07, 6.45) is 0.120. The molecule has 0 radical (unpaired) electrons. The number of rotatable bonds is 6. The van der Waals surface area contributed by atoms with Gasteiger partial charge < -0.3 is 9.88 Å². The number of halogens is 2. The molecule has 1 aliphatic heterocycles. The van der Waals surface area contributed by atoms with E-state index in [1.807, 2.05) is 37.5 Å². The second kappa shape index (κ2) is 9.23. The number of hydrogen-bond donors (Lipinski definition) is 1. The Labute approximate surface area is 200 Å². The van der Waals surface area contributed by atoms with Gasteiger partial charge in [0.1, 0.15) is 18.1 Å². The van der Waals surface area contributed by atoms with Crippen LogP contribution < -0.4 is 5.32 Å². The molecule has 4 rings (SSSR count). The number of benzene rings is 2. The molecule has 0 saturated heterocycles. The molecule has 0 bridgehead atoms. The SMILES string of the molecule is Cc1cccc(NC(=O)CN2C(=O)N=C(Cc3cc(C)n(-c4ccc(F)c(Cl)c4)c3C)C2=O)c1. The minimum atomic E-state index is -0.765. The Hall–Kier alpha value is -3.78. The van der Waals surface area contributed by atoms with Crippen molar-refractivity contribution in [2.24, 2.45) is 4.99 Å². The molecule has 1 aromatic heterocycles. The lowest BCUT2D eigenvalue weighted by atomic mass is 10.1. The molecule has 174 valence electrons. The normalized spacial score (nSPS) is 13.4. The summed E-state index contributed by atoms with van der Waals surface area (Å²) in [6, 6.07) is 12.7. The van der Waals surface area contributed by atoms with Crippen molar-refractivity contribution in [3.63, 3.8) is 0 Å². The Morgan fingerprint density at radius 2 is 1.85 bits per heavy atom. The van der Waals surface area contributed by atoms with Crippen LogP contribution in [-0.4, -0.2) is 39.6 Å². The van der Waals surface area contributed by atoms with Crippen molar-refractivity contribution in [1.82, 2.24) is 9.47 Å². The fourth-order valence-electron chi connectivity index (χ4n) is 4.00. The molecule has 2 aromatic carbocycles. The predicted octanol–water partition coefficient (Wildman–Crippen LogP) is 4.78. The highest BCUT2D eigenvalue weighted by atomic mass is 35.5. The molecular weight excluding hydrogens is 459 g/mol. The molecule has 0 aliphatic carbocycles. The van der Waals surface area contributed by atoms with Crippen LogP contribution in [0.2, 0.25) is 5.02 Å². The maximum Gasteiger partial charge on any atom is 0.351 e. The van der Waals surface area contributed by atoms with Crippen LogP contribution in [0.3, 0.4) is 0 Å². The number of aliphatic imine (C=N–C) groups is 1. The molecule has 0 spiro atoms. The van der Waals surface area contributed by atoms with Gasteiger partial charge in [0.05, 0.1) is 5.02 Å². The van der Waals surface area contributed by atoms with Crippen LogP contribution in [0, 0.1) is 26.6 Å². The van der Waals surface area contributed by atoms with Crippen molar-refractivity contribution in [1.29, 1.82) is 0 Å². The number of carbonyl (C=O) groups is 3. The average Bonchev–Trinajstić information content (AvgIpc) is 3.19. The van der Waals surface area contributed by atoms with Gasteiger partial charge in [-0.25, -0.2) is 14.1 Å². The molecule has 7 nitrogen and oxygen atoms in total. The Morgan fingerprint density at radius 1 is 1.09 bits per heavy atom.